The normalized spacial score (nSPS) is 24.7. The third-order valence-corrected chi connectivity index (χ3v) is 4.31. The molecule has 3 unspecified atom stereocenters. The highest BCUT2D eigenvalue weighted by atomic mass is 14.3. The van der Waals surface area contributed by atoms with Gasteiger partial charge in [0.1, 0.15) is 0 Å². The summed E-state index contributed by atoms with van der Waals surface area (Å²) in [6, 6.07) is 0. The highest BCUT2D eigenvalue weighted by Crippen LogP contribution is 2.36. The minimum Gasteiger partial charge on any atom is -0.0988 e. The van der Waals surface area contributed by atoms with Gasteiger partial charge >= 0.3 is 0 Å². The maximum absolute atomic E-state index is 3.76. The molecule has 0 N–H and O–H groups in total. The Morgan fingerprint density at radius 3 is 1.76 bits per heavy atom. The Balaban J connectivity index is 0. The van der Waals surface area contributed by atoms with E-state index >= 15 is 0 Å². The molecular weight excluding hydrogens is 252 g/mol. The van der Waals surface area contributed by atoms with E-state index in [-0.39, 0.29) is 0 Å². The fourth-order valence-corrected chi connectivity index (χ4v) is 2.35. The molecule has 2 fully saturated rings. The average Bonchev–Trinajstić information content (AvgIpc) is 3.12. The van der Waals surface area contributed by atoms with Gasteiger partial charge in [-0.05, 0) is 43.4 Å². The van der Waals surface area contributed by atoms with Crippen molar-refractivity contribution < 1.29 is 0 Å². The number of allylic oxidation sites excluding steroid dienone is 3. The summed E-state index contributed by atoms with van der Waals surface area (Å²) in [5.41, 5.74) is 1.32. The smallest absolute Gasteiger partial charge is 0.0254 e. The van der Waals surface area contributed by atoms with E-state index in [1.165, 1.54) is 37.7 Å². The molecule has 0 nitrogen and oxygen atoms in total. The summed E-state index contributed by atoms with van der Waals surface area (Å²) in [6.07, 6.45) is 11.5. The van der Waals surface area contributed by atoms with Crippen molar-refractivity contribution in [3.63, 3.8) is 0 Å². The van der Waals surface area contributed by atoms with Crippen LogP contribution in [-0.2, 0) is 0 Å². The van der Waals surface area contributed by atoms with Gasteiger partial charge in [-0.2, -0.15) is 0 Å². The van der Waals surface area contributed by atoms with Crippen molar-refractivity contribution in [1.29, 1.82) is 0 Å². The van der Waals surface area contributed by atoms with Crippen molar-refractivity contribution in [3.05, 3.63) is 24.3 Å². The van der Waals surface area contributed by atoms with Gasteiger partial charge in [0.15, 0.2) is 0 Å². The lowest BCUT2D eigenvalue weighted by Gasteiger charge is -2.27. The van der Waals surface area contributed by atoms with Crippen LogP contribution in [0, 0.1) is 23.7 Å². The predicted molar refractivity (Wildman–Crippen MR) is 101 cm³/mol. The summed E-state index contributed by atoms with van der Waals surface area (Å²) in [5.74, 6) is 3.87. The summed E-state index contributed by atoms with van der Waals surface area (Å²) in [7, 11) is 0. The first-order valence-electron chi connectivity index (χ1n) is 9.33. The van der Waals surface area contributed by atoms with E-state index in [1.807, 2.05) is 33.8 Å². The predicted octanol–water partition coefficient (Wildman–Crippen LogP) is 7.66. The van der Waals surface area contributed by atoms with Crippen molar-refractivity contribution in [2.75, 3.05) is 0 Å². The standard InChI is InChI=1S/C12H20.C5H10.2C2H6/c1-4-10(2)8-11(3)9-12-6-5-7-12;1-4-3-5(4)2;2*1-2/h4,8,11-12H,1,5-7,9H2,2-3H3;4-5H,3H2,1-2H3;2*1-2H3/b10-8-;;;. The number of hydrogen-bond donors (Lipinski definition) is 0. The maximum Gasteiger partial charge on any atom is -0.0254 e. The van der Waals surface area contributed by atoms with Gasteiger partial charge in [-0.3, -0.25) is 0 Å². The van der Waals surface area contributed by atoms with Crippen LogP contribution in [0.25, 0.3) is 0 Å². The van der Waals surface area contributed by atoms with Crippen LogP contribution in [0.3, 0.4) is 0 Å². The third-order valence-electron chi connectivity index (χ3n) is 4.31. The molecule has 0 radical (unpaired) electrons. The molecule has 0 heteroatoms. The van der Waals surface area contributed by atoms with Gasteiger partial charge in [-0.1, -0.05) is 92.0 Å². The lowest BCUT2D eigenvalue weighted by Crippen LogP contribution is -2.13. The van der Waals surface area contributed by atoms with Crippen molar-refractivity contribution in [2.24, 2.45) is 23.7 Å². The van der Waals surface area contributed by atoms with Gasteiger partial charge in [-0.15, -0.1) is 0 Å². The lowest BCUT2D eigenvalue weighted by molar-refractivity contribution is 0.273. The Bertz CT molecular complexity index is 251. The van der Waals surface area contributed by atoms with Crippen molar-refractivity contribution in [1.82, 2.24) is 0 Å². The lowest BCUT2D eigenvalue weighted by atomic mass is 9.79. The molecule has 0 aromatic heterocycles. The molecule has 0 heterocycles. The highest BCUT2D eigenvalue weighted by Gasteiger charge is 2.26. The van der Waals surface area contributed by atoms with Crippen molar-refractivity contribution in [2.45, 2.75) is 87.5 Å². The Morgan fingerprint density at radius 1 is 1.10 bits per heavy atom. The zero-order valence-electron chi connectivity index (χ0n) is 16.2. The Morgan fingerprint density at radius 2 is 1.52 bits per heavy atom. The van der Waals surface area contributed by atoms with Gasteiger partial charge in [0.2, 0.25) is 0 Å². The van der Waals surface area contributed by atoms with Gasteiger partial charge < -0.3 is 0 Å². The van der Waals surface area contributed by atoms with Gasteiger partial charge in [0, 0.05) is 0 Å². The van der Waals surface area contributed by atoms with E-state index < -0.39 is 0 Å². The van der Waals surface area contributed by atoms with Crippen LogP contribution >= 0.6 is 0 Å². The van der Waals surface area contributed by atoms with Gasteiger partial charge in [-0.25, -0.2) is 0 Å². The van der Waals surface area contributed by atoms with Crippen LogP contribution in [0.15, 0.2) is 24.3 Å². The molecule has 0 aromatic carbocycles. The van der Waals surface area contributed by atoms with E-state index in [9.17, 15) is 0 Å². The van der Waals surface area contributed by atoms with Crippen LogP contribution < -0.4 is 0 Å². The average molecular weight is 295 g/mol. The molecule has 0 bridgehead atoms. The number of hydrogen-bond acceptors (Lipinski definition) is 0. The fraction of sp³-hybridized carbons (Fsp3) is 0.810. The summed E-state index contributed by atoms with van der Waals surface area (Å²) in [6.45, 7) is 20.8. The molecule has 2 saturated carbocycles. The molecule has 0 saturated heterocycles. The van der Waals surface area contributed by atoms with E-state index in [0.29, 0.717) is 0 Å². The van der Waals surface area contributed by atoms with E-state index in [2.05, 4.69) is 40.3 Å². The molecule has 21 heavy (non-hydrogen) atoms. The van der Waals surface area contributed by atoms with E-state index in [0.717, 1.165) is 23.7 Å². The summed E-state index contributed by atoms with van der Waals surface area (Å²) < 4.78 is 0. The quantitative estimate of drug-likeness (QED) is 0.467. The molecule has 0 aromatic rings. The SMILES string of the molecule is C=C/C(C)=C\C(C)CC1CCC1.CC.CC.CC1CC1C. The summed E-state index contributed by atoms with van der Waals surface area (Å²) in [4.78, 5) is 0. The second-order valence-corrected chi connectivity index (χ2v) is 6.31. The molecule has 0 spiro atoms. The zero-order valence-corrected chi connectivity index (χ0v) is 16.2. The van der Waals surface area contributed by atoms with E-state index in [4.69, 9.17) is 0 Å². The molecular formula is C21H42. The molecule has 2 aliphatic carbocycles. The first-order valence-corrected chi connectivity index (χ1v) is 9.33. The second kappa shape index (κ2) is 14.4. The summed E-state index contributed by atoms with van der Waals surface area (Å²) in [5, 5.41) is 0. The van der Waals surface area contributed by atoms with E-state index in [1.54, 1.807) is 0 Å². The Hall–Kier alpha value is -0.520. The largest absolute Gasteiger partial charge is 0.0988 e. The Kier molecular flexibility index (Phi) is 15.6. The maximum atomic E-state index is 3.76. The molecule has 2 rings (SSSR count). The van der Waals surface area contributed by atoms with Crippen molar-refractivity contribution in [3.8, 4) is 0 Å². The minimum absolute atomic E-state index is 0.744. The molecule has 0 aliphatic heterocycles. The van der Waals surface area contributed by atoms with Gasteiger partial charge in [0.05, 0.1) is 0 Å². The van der Waals surface area contributed by atoms with Crippen molar-refractivity contribution >= 4 is 0 Å². The molecule has 2 aliphatic rings. The molecule has 126 valence electrons. The fourth-order valence-electron chi connectivity index (χ4n) is 2.35. The zero-order chi connectivity index (χ0) is 16.8. The first kappa shape index (κ1) is 22.8. The highest BCUT2D eigenvalue weighted by molar-refractivity contribution is 5.13. The molecule has 0 amide bonds. The summed E-state index contributed by atoms with van der Waals surface area (Å²) >= 11 is 0. The van der Waals surface area contributed by atoms with Crippen LogP contribution in [0.1, 0.15) is 87.5 Å². The van der Waals surface area contributed by atoms with Gasteiger partial charge in [0.25, 0.3) is 0 Å². The third kappa shape index (κ3) is 12.9. The van der Waals surface area contributed by atoms with Crippen LogP contribution in [0.2, 0.25) is 0 Å². The Labute approximate surface area is 136 Å². The monoisotopic (exact) mass is 294 g/mol. The second-order valence-electron chi connectivity index (χ2n) is 6.31. The van der Waals surface area contributed by atoms with Crippen LogP contribution in [0.5, 0.6) is 0 Å². The minimum atomic E-state index is 0.744. The van der Waals surface area contributed by atoms with Crippen LogP contribution in [-0.4, -0.2) is 0 Å². The topological polar surface area (TPSA) is 0 Å². The first-order chi connectivity index (χ1) is 10.0. The molecule has 3 atom stereocenters. The van der Waals surface area contributed by atoms with Crippen LogP contribution in [0.4, 0.5) is 0 Å². The number of rotatable bonds is 4.